The molecule has 6 aromatic carbocycles. The number of nitro groups is 1. The van der Waals surface area contributed by atoms with Gasteiger partial charge in [-0.15, -0.1) is 0 Å². The molecule has 0 aromatic heterocycles. The molecule has 4 aliphatic rings. The second-order valence-electron chi connectivity index (χ2n) is 29.5. The van der Waals surface area contributed by atoms with Crippen molar-refractivity contribution < 1.29 is 52.2 Å². The molecule has 10 atom stereocenters. The summed E-state index contributed by atoms with van der Waals surface area (Å²) in [5, 5.41) is 20.7. The number of nitro benzene ring substituents is 1. The number of rotatable bonds is 33. The van der Waals surface area contributed by atoms with E-state index >= 15 is 14.0 Å². The number of halogens is 1. The molecule has 17 nitrogen and oxygen atoms in total. The van der Waals surface area contributed by atoms with Crippen molar-refractivity contribution in [1.29, 1.82) is 0 Å². The normalized spacial score (nSPS) is 21.7. The van der Waals surface area contributed by atoms with E-state index in [1.54, 1.807) is 18.7 Å². The van der Waals surface area contributed by atoms with Crippen LogP contribution in [-0.4, -0.2) is 79.7 Å². The topological polar surface area (TPSA) is 231 Å². The molecule has 0 spiro atoms. The Balaban J connectivity index is 0.762. The maximum Gasteiger partial charge on any atom is 0.514 e. The molecule has 0 heterocycles. The molecular weight excluding hydrogens is 1280 g/mol. The van der Waals surface area contributed by atoms with Crippen molar-refractivity contribution in [2.24, 2.45) is 52.1 Å². The summed E-state index contributed by atoms with van der Waals surface area (Å²) in [5.74, 6) is 2.08. The molecule has 0 bridgehead atoms. The molecule has 4 aliphatic carbocycles. The minimum Gasteiger partial charge on any atom is -0.497 e. The monoisotopic (exact) mass is 1380 g/mol. The van der Waals surface area contributed by atoms with Gasteiger partial charge < -0.3 is 35.3 Å². The van der Waals surface area contributed by atoms with Crippen molar-refractivity contribution in [3.05, 3.63) is 213 Å². The van der Waals surface area contributed by atoms with Crippen molar-refractivity contribution in [2.75, 3.05) is 31.7 Å². The summed E-state index contributed by atoms with van der Waals surface area (Å²) in [6.45, 7) is 13.4. The van der Waals surface area contributed by atoms with Crippen LogP contribution in [0.15, 0.2) is 169 Å². The molecule has 3 saturated carbocycles. The van der Waals surface area contributed by atoms with Gasteiger partial charge in [-0.25, -0.2) is 14.1 Å². The smallest absolute Gasteiger partial charge is 0.497 e. The number of unbranched alkanes of at least 4 members (excludes halogenated alkanes) is 1. The quantitative estimate of drug-likeness (QED) is 0.00572. The van der Waals surface area contributed by atoms with Crippen molar-refractivity contribution in [1.82, 2.24) is 16.0 Å². The zero-order chi connectivity index (χ0) is 71.7. The molecule has 6 aromatic rings. The number of benzene rings is 6. The number of nitrogens with two attached hydrogens (primary N) is 1. The van der Waals surface area contributed by atoms with Crippen molar-refractivity contribution in [2.45, 2.75) is 181 Å². The Morgan fingerprint density at radius 3 is 2.04 bits per heavy atom. The lowest BCUT2D eigenvalue weighted by molar-refractivity contribution is -0.384. The first-order valence-electron chi connectivity index (χ1n) is 36.6. The number of fused-ring (bicyclic) bond motifs is 5. The molecule has 5 N–H and O–H groups in total. The molecule has 18 heteroatoms. The van der Waals surface area contributed by atoms with Crippen LogP contribution < -0.4 is 36.1 Å². The fraction of sp³-hybridized carbons (Fsp3) is 0.482. The van der Waals surface area contributed by atoms with Crippen LogP contribution >= 0.6 is 0 Å². The number of allylic oxidation sites excluding steroid dienone is 1. The molecule has 1 unspecified atom stereocenters. The van der Waals surface area contributed by atoms with Gasteiger partial charge in [0.2, 0.25) is 11.8 Å². The Bertz CT molecular complexity index is 3740. The average Bonchev–Trinajstić information content (AvgIpc) is 1.66. The second kappa shape index (κ2) is 34.9. The van der Waals surface area contributed by atoms with Crippen LogP contribution in [0.2, 0.25) is 0 Å². The third-order valence-electron chi connectivity index (χ3n) is 22.7. The zero-order valence-corrected chi connectivity index (χ0v) is 59.7. The maximum atomic E-state index is 15.6. The Kier molecular flexibility index (Phi) is 25.9. The summed E-state index contributed by atoms with van der Waals surface area (Å²) in [6, 6.07) is 42.1. The van der Waals surface area contributed by atoms with Crippen molar-refractivity contribution in [3.8, 4) is 11.5 Å². The first-order chi connectivity index (χ1) is 48.7. The molecule has 10 rings (SSSR count). The summed E-state index contributed by atoms with van der Waals surface area (Å²) in [6.07, 6.45) is 16.3. The fourth-order valence-electron chi connectivity index (χ4n) is 17.3. The molecular formula is C83H103FN6O11. The van der Waals surface area contributed by atoms with Crippen LogP contribution in [0.1, 0.15) is 172 Å². The number of carbonyl (C=O) groups is 5. The standard InChI is InChI=1S/C83H103FN6O11/c1-56(2)19-17-20-57(3)70-42-43-71-69-41-32-63-54-68(46-48-81(63,4)72(69)47-49-82(70,71)5)99-52-18-50-86-76(91)44-45-77(92)88-75(53-59-21-13-14-26-73(59)84)79(94)89(64-33-28-58(29-34-64)55-100-80(95)101-67-39-35-65(36-40-67)90(96)97)78(93)74(85)27-15-16-51-87-83(60-22-9-7-10-23-60,61-24-11-8-12-25-61)62-30-37-66(98-6)38-31-62/h7-14,21-26,28-40,56-57,68-72,74-75,87H,15-20,27,41-55,85H2,1-6H3,(H,86,91)(H,88,92)/t57-,68?,69+,70-,71+,72+,74+,75+,81+,82-/m1/s1. The molecule has 0 aliphatic heterocycles. The Morgan fingerprint density at radius 1 is 0.703 bits per heavy atom. The number of carbonyl (C=O) groups excluding carboxylic acids is 5. The summed E-state index contributed by atoms with van der Waals surface area (Å²) >= 11 is 0. The number of nitrogens with one attached hydrogen (secondary N) is 3. The number of nitrogens with zero attached hydrogens (tertiary/aromatic N) is 2. The lowest BCUT2D eigenvalue weighted by Crippen LogP contribution is -2.55. The number of amides is 4. The van der Waals surface area contributed by atoms with E-state index in [0.717, 1.165) is 76.4 Å². The number of ether oxygens (including phenoxy) is 4. The highest BCUT2D eigenvalue weighted by atomic mass is 19.1. The molecule has 0 radical (unpaired) electrons. The highest BCUT2D eigenvalue weighted by molar-refractivity contribution is 6.18. The number of anilines is 1. The molecule has 101 heavy (non-hydrogen) atoms. The summed E-state index contributed by atoms with van der Waals surface area (Å²) < 4.78 is 38.2. The van der Waals surface area contributed by atoms with E-state index in [9.17, 15) is 24.5 Å². The highest BCUT2D eigenvalue weighted by Gasteiger charge is 2.59. The predicted octanol–water partition coefficient (Wildman–Crippen LogP) is 15.8. The number of hydrogen-bond donors (Lipinski definition) is 4. The first-order valence-corrected chi connectivity index (χ1v) is 36.6. The van der Waals surface area contributed by atoms with Crippen LogP contribution in [0.3, 0.4) is 0 Å². The number of methoxy groups -OCH3 is 1. The second-order valence-corrected chi connectivity index (χ2v) is 29.5. The fourth-order valence-corrected chi connectivity index (χ4v) is 17.3. The average molecular weight is 1380 g/mol. The third-order valence-corrected chi connectivity index (χ3v) is 22.7. The highest BCUT2D eigenvalue weighted by Crippen LogP contribution is 2.67. The van der Waals surface area contributed by atoms with Gasteiger partial charge in [0.1, 0.15) is 30.0 Å². The molecule has 4 amide bonds. The van der Waals surface area contributed by atoms with Crippen LogP contribution in [0.4, 0.5) is 20.6 Å². The predicted molar refractivity (Wildman–Crippen MR) is 390 cm³/mol. The van der Waals surface area contributed by atoms with Gasteiger partial charge in [0.15, 0.2) is 0 Å². The van der Waals surface area contributed by atoms with Crippen LogP contribution in [0, 0.1) is 62.3 Å². The van der Waals surface area contributed by atoms with Crippen molar-refractivity contribution in [3.63, 3.8) is 0 Å². The Labute approximate surface area is 595 Å². The maximum absolute atomic E-state index is 15.6. The Morgan fingerprint density at radius 2 is 1.37 bits per heavy atom. The minimum absolute atomic E-state index is 0.0191. The number of imide groups is 1. The van der Waals surface area contributed by atoms with E-state index in [1.807, 2.05) is 60.7 Å². The zero-order valence-electron chi connectivity index (χ0n) is 59.7. The van der Waals surface area contributed by atoms with E-state index in [0.29, 0.717) is 55.7 Å². The molecule has 0 saturated heterocycles. The molecule has 538 valence electrons. The van der Waals surface area contributed by atoms with Crippen molar-refractivity contribution >= 4 is 41.2 Å². The number of hydrogen-bond acceptors (Lipinski definition) is 13. The van der Waals surface area contributed by atoms with E-state index in [2.05, 4.69) is 80.9 Å². The van der Waals surface area contributed by atoms with Gasteiger partial charge in [-0.2, -0.15) is 0 Å². The third kappa shape index (κ3) is 18.4. The SMILES string of the molecule is COc1ccc(C(NCCCC[C@H](N)C(=O)N(C(=O)[C@H](Cc2ccccc2F)NC(=O)CCC(=O)NCCCOC2CC[C@@]3(C)C(=CC[C@H]4[C@@H]5CC[C@H]([C@H](C)CCCC(C)C)[C@@]5(C)CC[C@@H]43)C2)c2ccc(COC(=O)Oc3ccc([N+](=O)[O-])cc3)cc2)(c2ccccc2)c2ccccc2)cc1. The van der Waals surface area contributed by atoms with Gasteiger partial charge >= 0.3 is 6.16 Å². The molecule has 3 fully saturated rings. The van der Waals surface area contributed by atoms with Gasteiger partial charge in [-0.1, -0.05) is 175 Å². The lowest BCUT2D eigenvalue weighted by atomic mass is 9.47. The van der Waals surface area contributed by atoms with Crippen LogP contribution in [0.25, 0.3) is 0 Å². The van der Waals surface area contributed by atoms with E-state index < -0.39 is 52.2 Å². The number of non-ortho nitro benzene ring substituents is 1. The Hall–Kier alpha value is -8.58. The van der Waals surface area contributed by atoms with Gasteiger partial charge in [-0.05, 0) is 194 Å². The van der Waals surface area contributed by atoms with Gasteiger partial charge in [0.25, 0.3) is 17.5 Å². The van der Waals surface area contributed by atoms with Gasteiger partial charge in [0.05, 0.1) is 35.4 Å². The van der Waals surface area contributed by atoms with E-state index in [-0.39, 0.29) is 72.4 Å². The summed E-state index contributed by atoms with van der Waals surface area (Å²) in [4.78, 5) is 81.8. The largest absolute Gasteiger partial charge is 0.514 e. The first kappa shape index (κ1) is 75.1. The minimum atomic E-state index is -1.51. The van der Waals surface area contributed by atoms with Gasteiger partial charge in [0, 0.05) is 44.5 Å². The van der Waals surface area contributed by atoms with E-state index in [4.69, 9.17) is 24.7 Å². The lowest BCUT2D eigenvalue weighted by Gasteiger charge is -2.58. The summed E-state index contributed by atoms with van der Waals surface area (Å²) in [5.41, 5.74) is 11.7. The van der Waals surface area contributed by atoms with E-state index in [1.165, 1.54) is 118 Å². The van der Waals surface area contributed by atoms with Crippen LogP contribution in [0.5, 0.6) is 11.5 Å². The summed E-state index contributed by atoms with van der Waals surface area (Å²) in [7, 11) is 1.63. The van der Waals surface area contributed by atoms with Crippen LogP contribution in [-0.2, 0) is 47.2 Å². The van der Waals surface area contributed by atoms with Gasteiger partial charge in [-0.3, -0.25) is 34.6 Å².